The van der Waals surface area contributed by atoms with Crippen molar-refractivity contribution in [1.82, 2.24) is 9.13 Å². The van der Waals surface area contributed by atoms with E-state index in [4.69, 9.17) is 0 Å². The SMILES string of the molecule is CC(C)(C)c1ccccc1N(c1ccc(-c2ccc3c(c2)c2ccccc2n3-c2ccccc2)cc1)c1ccc(-c2c3ccccc3c(-c3ccccc3)c3ccccc23)cc1.Cc1ccc(N(c2ccc(-c3ccc4c(c3)c3ccccc3n4-c3ccccc3)cc2)c2ccc(-c3c4ccccc4c(-c4ccccc4)c4ccccc34)cc2)cc1. The third-order valence-electron chi connectivity index (χ3n) is 24.4. The van der Waals surface area contributed by atoms with E-state index in [1.807, 2.05) is 0 Å². The van der Waals surface area contributed by atoms with E-state index in [0.717, 1.165) is 28.4 Å². The molecule has 2 aromatic heterocycles. The quantitative estimate of drug-likeness (QED) is 0.101. The summed E-state index contributed by atoms with van der Waals surface area (Å²) in [6, 6.07) is 164. The number of benzene rings is 20. The molecule has 4 nitrogen and oxygen atoms in total. The number of hydrogen-bond donors (Lipinski definition) is 0. The average molecular weight is 1550 g/mol. The number of aromatic nitrogens is 2. The van der Waals surface area contributed by atoms with E-state index in [1.165, 1.54) is 182 Å². The molecule has 4 heteroatoms. The molecule has 0 spiro atoms. The third-order valence-corrected chi connectivity index (χ3v) is 24.4. The lowest BCUT2D eigenvalue weighted by molar-refractivity contribution is 0.591. The average Bonchev–Trinajstić information content (AvgIpc) is 1.67. The highest BCUT2D eigenvalue weighted by Crippen LogP contribution is 2.50. The molecule has 574 valence electrons. The summed E-state index contributed by atoms with van der Waals surface area (Å²) >= 11 is 0. The van der Waals surface area contributed by atoms with Crippen LogP contribution in [0, 0.1) is 6.92 Å². The summed E-state index contributed by atoms with van der Waals surface area (Å²) < 4.78 is 4.74. The summed E-state index contributed by atoms with van der Waals surface area (Å²) in [5, 5.41) is 15.1. The van der Waals surface area contributed by atoms with Crippen molar-refractivity contribution in [3.05, 3.63) is 460 Å². The van der Waals surface area contributed by atoms with Crippen LogP contribution >= 0.6 is 0 Å². The minimum absolute atomic E-state index is 0.0681. The van der Waals surface area contributed by atoms with E-state index in [1.54, 1.807) is 0 Å². The molecule has 0 aliphatic heterocycles. The summed E-state index contributed by atoms with van der Waals surface area (Å²) in [6.07, 6.45) is 0. The largest absolute Gasteiger partial charge is 0.311 e. The van der Waals surface area contributed by atoms with Crippen LogP contribution in [0.25, 0.3) is 165 Å². The number of anilines is 6. The zero-order valence-electron chi connectivity index (χ0n) is 68.0. The number of aryl methyl sites for hydroxylation is 1. The Morgan fingerprint density at radius 2 is 0.438 bits per heavy atom. The zero-order valence-corrected chi connectivity index (χ0v) is 68.0. The van der Waals surface area contributed by atoms with E-state index in [0.29, 0.717) is 0 Å². The smallest absolute Gasteiger partial charge is 0.0541 e. The van der Waals surface area contributed by atoms with Crippen molar-refractivity contribution >= 4 is 121 Å². The van der Waals surface area contributed by atoms with Crippen molar-refractivity contribution in [2.45, 2.75) is 33.1 Å². The maximum atomic E-state index is 2.43. The Labute approximate surface area is 706 Å². The van der Waals surface area contributed by atoms with Gasteiger partial charge in [-0.25, -0.2) is 0 Å². The van der Waals surface area contributed by atoms with Crippen LogP contribution in [0.5, 0.6) is 0 Å². The van der Waals surface area contributed by atoms with Gasteiger partial charge in [-0.05, 0) is 255 Å². The maximum absolute atomic E-state index is 2.43. The predicted molar refractivity (Wildman–Crippen MR) is 517 cm³/mol. The fourth-order valence-corrected chi connectivity index (χ4v) is 18.8. The molecule has 0 N–H and O–H groups in total. The van der Waals surface area contributed by atoms with Crippen LogP contribution in [0.2, 0.25) is 0 Å². The van der Waals surface area contributed by atoms with Crippen LogP contribution in [-0.2, 0) is 5.41 Å². The lowest BCUT2D eigenvalue weighted by Gasteiger charge is -2.32. The van der Waals surface area contributed by atoms with Crippen LogP contribution in [0.4, 0.5) is 34.1 Å². The topological polar surface area (TPSA) is 16.3 Å². The van der Waals surface area contributed by atoms with Gasteiger partial charge in [-0.15, -0.1) is 0 Å². The standard InChI is InChI=1S/C60H46N2.C57H40N2/c1-60(2,3)54-27-15-17-29-57(54)61(46-35-30-41(31-36-46)44-34-39-56-53(40-44)48-22-14-16-28-55(48)62(56)45-20-8-5-9-21-45)47-37-32-43(33-38-47)59-51-25-12-10-23-49(51)58(42-18-6-4-7-19-42)50-24-11-13-26-52(50)59;1-39-24-31-45(32-25-39)58(46-33-26-40(27-34-46)43-30-37-55-53(38-43)48-18-12-13-23-54(48)59(55)44-16-6-3-7-17-44)47-35-28-42(29-36-47)57-51-21-10-8-19-49(51)56(41-14-4-2-5-15-41)50-20-9-11-22-52(50)57/h4-40H,1-3H3;2-38H,1H3. The summed E-state index contributed by atoms with van der Waals surface area (Å²) in [6.45, 7) is 9.05. The first-order valence-corrected chi connectivity index (χ1v) is 42.0. The van der Waals surface area contributed by atoms with Gasteiger partial charge in [-0.3, -0.25) is 0 Å². The van der Waals surface area contributed by atoms with Crippen molar-refractivity contribution in [3.63, 3.8) is 0 Å². The summed E-state index contributed by atoms with van der Waals surface area (Å²) in [5.41, 5.74) is 31.1. The first-order valence-electron chi connectivity index (χ1n) is 42.0. The van der Waals surface area contributed by atoms with E-state index >= 15 is 0 Å². The zero-order chi connectivity index (χ0) is 81.1. The van der Waals surface area contributed by atoms with Gasteiger partial charge in [0.15, 0.2) is 0 Å². The van der Waals surface area contributed by atoms with Gasteiger partial charge in [0.05, 0.1) is 22.1 Å². The van der Waals surface area contributed by atoms with Crippen LogP contribution < -0.4 is 9.80 Å². The third kappa shape index (κ3) is 13.3. The number of para-hydroxylation sites is 5. The number of fused-ring (bicyclic) bond motifs is 10. The molecule has 0 fully saturated rings. The minimum Gasteiger partial charge on any atom is -0.311 e. The summed E-state index contributed by atoms with van der Waals surface area (Å²) in [5.74, 6) is 0. The van der Waals surface area contributed by atoms with Gasteiger partial charge in [0.1, 0.15) is 0 Å². The van der Waals surface area contributed by atoms with Gasteiger partial charge in [0, 0.05) is 67.0 Å². The molecule has 22 aromatic rings. The molecule has 22 rings (SSSR count). The molecule has 0 aliphatic rings. The van der Waals surface area contributed by atoms with Crippen molar-refractivity contribution < 1.29 is 0 Å². The van der Waals surface area contributed by atoms with Crippen LogP contribution in [0.1, 0.15) is 31.9 Å². The Morgan fingerprint density at radius 1 is 0.190 bits per heavy atom. The molecule has 0 unspecified atom stereocenters. The van der Waals surface area contributed by atoms with Gasteiger partial charge < -0.3 is 18.9 Å². The number of nitrogens with zero attached hydrogens (tertiary/aromatic N) is 4. The molecule has 0 amide bonds. The molecule has 2 heterocycles. The second-order valence-corrected chi connectivity index (χ2v) is 32.7. The molecule has 0 aliphatic carbocycles. The van der Waals surface area contributed by atoms with E-state index in [-0.39, 0.29) is 5.41 Å². The molecule has 20 aromatic carbocycles. The van der Waals surface area contributed by atoms with Crippen LogP contribution in [0.15, 0.2) is 449 Å². The normalized spacial score (nSPS) is 11.6. The Bertz CT molecular complexity index is 7500. The number of hydrogen-bond acceptors (Lipinski definition) is 2. The van der Waals surface area contributed by atoms with Crippen LogP contribution in [0.3, 0.4) is 0 Å². The Kier molecular flexibility index (Phi) is 18.7. The summed E-state index contributed by atoms with van der Waals surface area (Å²) in [7, 11) is 0. The first kappa shape index (κ1) is 73.3. The van der Waals surface area contributed by atoms with E-state index < -0.39 is 0 Å². The van der Waals surface area contributed by atoms with Gasteiger partial charge in [0.25, 0.3) is 0 Å². The molecule has 0 radical (unpaired) electrons. The minimum atomic E-state index is -0.0681. The number of rotatable bonds is 14. The Morgan fingerprint density at radius 3 is 0.777 bits per heavy atom. The lowest BCUT2D eigenvalue weighted by Crippen LogP contribution is -2.19. The highest BCUT2D eigenvalue weighted by molar-refractivity contribution is 6.23. The fraction of sp³-hybridized carbons (Fsp3) is 0.0427. The first-order chi connectivity index (χ1) is 59.6. The molecule has 121 heavy (non-hydrogen) atoms. The highest BCUT2D eigenvalue weighted by Gasteiger charge is 2.26. The fourth-order valence-electron chi connectivity index (χ4n) is 18.8. The highest BCUT2D eigenvalue weighted by atomic mass is 15.1. The predicted octanol–water partition coefficient (Wildman–Crippen LogP) is 32.7. The van der Waals surface area contributed by atoms with Gasteiger partial charge >= 0.3 is 0 Å². The summed E-state index contributed by atoms with van der Waals surface area (Å²) in [4.78, 5) is 4.79. The molecule has 0 bridgehead atoms. The molecular formula is C117H86N4. The van der Waals surface area contributed by atoms with Crippen molar-refractivity contribution in [3.8, 4) is 78.1 Å². The van der Waals surface area contributed by atoms with Gasteiger partial charge in [-0.1, -0.05) is 348 Å². The molecule has 0 saturated heterocycles. The van der Waals surface area contributed by atoms with Crippen LogP contribution in [-0.4, -0.2) is 9.13 Å². The maximum Gasteiger partial charge on any atom is 0.0541 e. The van der Waals surface area contributed by atoms with E-state index in [9.17, 15) is 0 Å². The van der Waals surface area contributed by atoms with Crippen molar-refractivity contribution in [2.75, 3.05) is 9.80 Å². The molecule has 0 atom stereocenters. The molecular weight excluding hydrogens is 1460 g/mol. The van der Waals surface area contributed by atoms with Crippen molar-refractivity contribution in [2.24, 2.45) is 0 Å². The van der Waals surface area contributed by atoms with Crippen molar-refractivity contribution in [1.29, 1.82) is 0 Å². The lowest BCUT2D eigenvalue weighted by atomic mass is 9.85. The van der Waals surface area contributed by atoms with Gasteiger partial charge in [-0.2, -0.15) is 0 Å². The van der Waals surface area contributed by atoms with E-state index in [2.05, 4.69) is 496 Å². The second kappa shape index (κ2) is 30.9. The Balaban J connectivity index is 0.000000150. The van der Waals surface area contributed by atoms with Gasteiger partial charge in [0.2, 0.25) is 0 Å². The Hall–Kier alpha value is -15.4. The molecule has 0 saturated carbocycles. The second-order valence-electron chi connectivity index (χ2n) is 32.7. The monoisotopic (exact) mass is 1550 g/mol.